The molecule has 2 aliphatic rings. The number of hydrogen-bond acceptors (Lipinski definition) is 5. The minimum Gasteiger partial charge on any atom is -0.497 e. The predicted molar refractivity (Wildman–Crippen MR) is 131 cm³/mol. The number of pyridine rings is 1. The van der Waals surface area contributed by atoms with Gasteiger partial charge in [0.25, 0.3) is 0 Å². The Morgan fingerprint density at radius 2 is 1.67 bits per heavy atom. The van der Waals surface area contributed by atoms with Crippen molar-refractivity contribution in [2.75, 3.05) is 14.2 Å². The number of nitrogens with zero attached hydrogens (tertiary/aromatic N) is 2. The molecule has 3 heterocycles. The van der Waals surface area contributed by atoms with Crippen LogP contribution in [0.25, 0.3) is 11.3 Å². The summed E-state index contributed by atoms with van der Waals surface area (Å²) in [6.07, 6.45) is 7.23. The second-order valence-electron chi connectivity index (χ2n) is 9.29. The van der Waals surface area contributed by atoms with Crippen molar-refractivity contribution < 1.29 is 9.47 Å². The Balaban J connectivity index is 1.12. The highest BCUT2D eigenvalue weighted by molar-refractivity contribution is 5.60. The Morgan fingerprint density at radius 3 is 2.36 bits per heavy atom. The van der Waals surface area contributed by atoms with Crippen molar-refractivity contribution in [1.29, 1.82) is 0 Å². The third-order valence-corrected chi connectivity index (χ3v) is 7.12. The van der Waals surface area contributed by atoms with Crippen molar-refractivity contribution in [2.24, 2.45) is 0 Å². The zero-order valence-electron chi connectivity index (χ0n) is 19.5. The number of aromatic nitrogens is 1. The molecule has 2 aliphatic heterocycles. The first kappa shape index (κ1) is 21.9. The summed E-state index contributed by atoms with van der Waals surface area (Å²) in [5.41, 5.74) is 4.46. The normalized spacial score (nSPS) is 22.3. The van der Waals surface area contributed by atoms with Gasteiger partial charge in [-0.05, 0) is 86.3 Å². The zero-order chi connectivity index (χ0) is 22.6. The molecule has 2 bridgehead atoms. The predicted octanol–water partition coefficient (Wildman–Crippen LogP) is 5.05. The van der Waals surface area contributed by atoms with Crippen molar-refractivity contribution in [3.8, 4) is 22.8 Å². The van der Waals surface area contributed by atoms with Gasteiger partial charge in [0, 0.05) is 36.9 Å². The van der Waals surface area contributed by atoms with E-state index in [1.54, 1.807) is 7.11 Å². The molecule has 2 aromatic carbocycles. The molecule has 2 atom stereocenters. The van der Waals surface area contributed by atoms with Crippen molar-refractivity contribution in [3.05, 3.63) is 78.0 Å². The van der Waals surface area contributed by atoms with Crippen LogP contribution in [0, 0.1) is 0 Å². The van der Waals surface area contributed by atoms with Crippen molar-refractivity contribution in [2.45, 2.75) is 57.0 Å². The largest absolute Gasteiger partial charge is 0.497 e. The van der Waals surface area contributed by atoms with Gasteiger partial charge in [-0.1, -0.05) is 18.2 Å². The highest BCUT2D eigenvalue weighted by Crippen LogP contribution is 2.36. The van der Waals surface area contributed by atoms with Gasteiger partial charge >= 0.3 is 0 Å². The van der Waals surface area contributed by atoms with E-state index in [-0.39, 0.29) is 0 Å². The Labute approximate surface area is 196 Å². The fourth-order valence-corrected chi connectivity index (χ4v) is 5.19. The van der Waals surface area contributed by atoms with Crippen LogP contribution >= 0.6 is 0 Å². The zero-order valence-corrected chi connectivity index (χ0v) is 19.5. The topological polar surface area (TPSA) is 46.6 Å². The van der Waals surface area contributed by atoms with Crippen molar-refractivity contribution in [3.63, 3.8) is 0 Å². The average molecular weight is 444 g/mol. The summed E-state index contributed by atoms with van der Waals surface area (Å²) in [6.45, 7) is 1.58. The first-order valence-electron chi connectivity index (χ1n) is 12.0. The van der Waals surface area contributed by atoms with Crippen LogP contribution in [0.4, 0.5) is 0 Å². The van der Waals surface area contributed by atoms with Crippen molar-refractivity contribution in [1.82, 2.24) is 15.2 Å². The van der Waals surface area contributed by atoms with Gasteiger partial charge in [-0.25, -0.2) is 0 Å². The first-order valence-corrected chi connectivity index (χ1v) is 12.0. The third kappa shape index (κ3) is 5.21. The maximum atomic E-state index is 6.39. The number of hydrogen-bond donors (Lipinski definition) is 1. The molecule has 172 valence electrons. The summed E-state index contributed by atoms with van der Waals surface area (Å²) in [7, 11) is 3.95. The monoisotopic (exact) mass is 443 g/mol. The Hall–Kier alpha value is -2.89. The first-order chi connectivity index (χ1) is 16.2. The van der Waals surface area contributed by atoms with Crippen LogP contribution in [-0.2, 0) is 13.1 Å². The molecule has 2 saturated heterocycles. The Bertz CT molecular complexity index is 1040. The molecule has 5 rings (SSSR count). The number of piperidine rings is 1. The molecule has 1 aromatic heterocycles. The standard InChI is InChI=1S/C28H33N3O2/c1-31-23-9-10-24(31)16-27(15-23)33-26-5-3-4-20(14-26)17-29-18-21-6-13-28(30-19-21)22-7-11-25(32-2)12-8-22/h3-8,11-14,19,23-24,27,29H,9-10,15-18H2,1-2H3/t23-,24-/m0/s1. The van der Waals surface area contributed by atoms with E-state index in [0.717, 1.165) is 48.7 Å². The van der Waals surface area contributed by atoms with E-state index in [9.17, 15) is 0 Å². The average Bonchev–Trinajstić information content (AvgIpc) is 3.05. The van der Waals surface area contributed by atoms with Crippen LogP contribution in [-0.4, -0.2) is 42.2 Å². The summed E-state index contributed by atoms with van der Waals surface area (Å²) in [6, 6.07) is 22.1. The summed E-state index contributed by atoms with van der Waals surface area (Å²) in [5, 5.41) is 3.53. The molecule has 0 spiro atoms. The summed E-state index contributed by atoms with van der Waals surface area (Å²) in [4.78, 5) is 7.18. The highest BCUT2D eigenvalue weighted by Gasteiger charge is 2.39. The maximum Gasteiger partial charge on any atom is 0.120 e. The second kappa shape index (κ2) is 9.94. The van der Waals surface area contributed by atoms with Gasteiger partial charge in [0.1, 0.15) is 17.6 Å². The third-order valence-electron chi connectivity index (χ3n) is 7.12. The van der Waals surface area contributed by atoms with E-state index in [0.29, 0.717) is 18.2 Å². The molecule has 5 nitrogen and oxygen atoms in total. The van der Waals surface area contributed by atoms with E-state index >= 15 is 0 Å². The van der Waals surface area contributed by atoms with Crippen LogP contribution in [0.3, 0.4) is 0 Å². The van der Waals surface area contributed by atoms with Gasteiger partial charge in [-0.15, -0.1) is 0 Å². The molecule has 0 unspecified atom stereocenters. The number of nitrogens with one attached hydrogen (secondary N) is 1. The minimum absolute atomic E-state index is 0.345. The van der Waals surface area contributed by atoms with Crippen molar-refractivity contribution >= 4 is 0 Å². The van der Waals surface area contributed by atoms with Gasteiger partial charge in [-0.3, -0.25) is 4.98 Å². The molecule has 5 heteroatoms. The molecule has 33 heavy (non-hydrogen) atoms. The Morgan fingerprint density at radius 1 is 0.909 bits per heavy atom. The molecule has 3 aromatic rings. The smallest absolute Gasteiger partial charge is 0.120 e. The molecule has 0 amide bonds. The number of methoxy groups -OCH3 is 1. The van der Waals surface area contributed by atoms with Crippen LogP contribution in [0.5, 0.6) is 11.5 Å². The highest BCUT2D eigenvalue weighted by atomic mass is 16.5. The van der Waals surface area contributed by atoms with Gasteiger partial charge in [-0.2, -0.15) is 0 Å². The lowest BCUT2D eigenvalue weighted by atomic mass is 10.0. The molecule has 0 radical (unpaired) electrons. The molecule has 1 N–H and O–H groups in total. The van der Waals surface area contributed by atoms with E-state index in [4.69, 9.17) is 9.47 Å². The van der Waals surface area contributed by atoms with Gasteiger partial charge in [0.05, 0.1) is 12.8 Å². The SMILES string of the molecule is COc1ccc(-c2ccc(CNCc3cccc(OC4C[C@@H]5CC[C@@H](C4)N5C)c3)cn2)cc1. The quantitative estimate of drug-likeness (QED) is 0.528. The summed E-state index contributed by atoms with van der Waals surface area (Å²) < 4.78 is 11.6. The lowest BCUT2D eigenvalue weighted by Gasteiger charge is -2.36. The van der Waals surface area contributed by atoms with Crippen LogP contribution < -0.4 is 14.8 Å². The summed E-state index contributed by atoms with van der Waals surface area (Å²) >= 11 is 0. The second-order valence-corrected chi connectivity index (χ2v) is 9.29. The maximum absolute atomic E-state index is 6.39. The Kier molecular flexibility index (Phi) is 6.60. The number of ether oxygens (including phenoxy) is 2. The van der Waals surface area contributed by atoms with E-state index in [2.05, 4.69) is 58.6 Å². The van der Waals surface area contributed by atoms with Crippen LogP contribution in [0.15, 0.2) is 66.9 Å². The minimum atomic E-state index is 0.345. The van der Waals surface area contributed by atoms with Crippen LogP contribution in [0.2, 0.25) is 0 Å². The number of fused-ring (bicyclic) bond motifs is 2. The molecule has 0 aliphatic carbocycles. The lowest BCUT2D eigenvalue weighted by Crippen LogP contribution is -2.43. The fraction of sp³-hybridized carbons (Fsp3) is 0.393. The van der Waals surface area contributed by atoms with Gasteiger partial charge in [0.15, 0.2) is 0 Å². The lowest BCUT2D eigenvalue weighted by molar-refractivity contribution is 0.0661. The fourth-order valence-electron chi connectivity index (χ4n) is 5.19. The van der Waals surface area contributed by atoms with E-state index in [1.807, 2.05) is 30.5 Å². The number of benzene rings is 2. The number of rotatable bonds is 8. The molecule has 0 saturated carbocycles. The van der Waals surface area contributed by atoms with E-state index in [1.165, 1.54) is 24.0 Å². The van der Waals surface area contributed by atoms with Crippen LogP contribution in [0.1, 0.15) is 36.8 Å². The molecular formula is C28H33N3O2. The van der Waals surface area contributed by atoms with E-state index < -0.39 is 0 Å². The molecule has 2 fully saturated rings. The molecular weight excluding hydrogens is 410 g/mol. The summed E-state index contributed by atoms with van der Waals surface area (Å²) in [5.74, 6) is 1.85. The van der Waals surface area contributed by atoms with Gasteiger partial charge < -0.3 is 19.7 Å². The van der Waals surface area contributed by atoms with Gasteiger partial charge in [0.2, 0.25) is 0 Å².